The molecule has 162 valence electrons. The van der Waals surface area contributed by atoms with E-state index < -0.39 is 11.9 Å². The number of aryl methyl sites for hydroxylation is 2. The van der Waals surface area contributed by atoms with Crippen molar-refractivity contribution in [2.45, 2.75) is 40.2 Å². The summed E-state index contributed by atoms with van der Waals surface area (Å²) >= 11 is 0. The lowest BCUT2D eigenvalue weighted by atomic mass is 9.97. The van der Waals surface area contributed by atoms with Gasteiger partial charge in [0, 0.05) is 0 Å². The quantitative estimate of drug-likeness (QED) is 0.625. The predicted octanol–water partition coefficient (Wildman–Crippen LogP) is 4.68. The number of rotatable bonds is 6. The fourth-order valence-corrected chi connectivity index (χ4v) is 3.84. The third kappa shape index (κ3) is 3.67. The van der Waals surface area contributed by atoms with E-state index in [9.17, 15) is 9.59 Å². The summed E-state index contributed by atoms with van der Waals surface area (Å²) in [5, 5.41) is 3.36. The molecule has 2 aromatic carbocycles. The zero-order valence-corrected chi connectivity index (χ0v) is 18.5. The van der Waals surface area contributed by atoms with Crippen LogP contribution in [-0.4, -0.2) is 19.6 Å². The van der Waals surface area contributed by atoms with Gasteiger partial charge in [-0.05, 0) is 61.1 Å². The molecule has 0 spiro atoms. The van der Waals surface area contributed by atoms with Gasteiger partial charge in [0.2, 0.25) is 5.76 Å². The summed E-state index contributed by atoms with van der Waals surface area (Å²) in [6.07, 6.45) is 0.934. The summed E-state index contributed by atoms with van der Waals surface area (Å²) in [5.41, 5.74) is 3.19. The molecule has 31 heavy (non-hydrogen) atoms. The third-order valence-electron chi connectivity index (χ3n) is 5.86. The van der Waals surface area contributed by atoms with Crippen molar-refractivity contribution in [1.29, 1.82) is 0 Å². The number of fused-ring (bicyclic) bond motifs is 2. The number of ether oxygens (including phenoxy) is 2. The van der Waals surface area contributed by atoms with Crippen LogP contribution in [0.1, 0.15) is 59.1 Å². The van der Waals surface area contributed by atoms with Gasteiger partial charge in [-0.25, -0.2) is 0 Å². The second kappa shape index (κ2) is 8.10. The molecule has 1 atom stereocenters. The first-order valence-corrected chi connectivity index (χ1v) is 10.5. The van der Waals surface area contributed by atoms with Crippen LogP contribution >= 0.6 is 0 Å². The van der Waals surface area contributed by atoms with Gasteiger partial charge in [-0.3, -0.25) is 9.59 Å². The number of nitrogens with one attached hydrogen (secondary N) is 1. The number of hydrogen-bond acceptors (Lipinski definition) is 5. The molecule has 0 saturated carbocycles. The van der Waals surface area contributed by atoms with Crippen molar-refractivity contribution in [2.75, 3.05) is 13.7 Å². The molecule has 1 N–H and O–H groups in total. The van der Waals surface area contributed by atoms with Gasteiger partial charge in [0.25, 0.3) is 5.91 Å². The van der Waals surface area contributed by atoms with Crippen molar-refractivity contribution in [3.05, 3.63) is 68.6 Å². The summed E-state index contributed by atoms with van der Waals surface area (Å²) in [5.74, 6) is 1.41. The van der Waals surface area contributed by atoms with Crippen LogP contribution in [0.4, 0.5) is 0 Å². The van der Waals surface area contributed by atoms with Crippen molar-refractivity contribution in [2.24, 2.45) is 5.92 Å². The van der Waals surface area contributed by atoms with Crippen molar-refractivity contribution >= 4 is 16.9 Å². The van der Waals surface area contributed by atoms with Crippen LogP contribution in [0.25, 0.3) is 11.0 Å². The van der Waals surface area contributed by atoms with E-state index in [1.807, 2.05) is 32.0 Å². The standard InChI is InChI=1S/C25H27NO5/c1-13(2)10-11-30-18-9-7-16(12-19(18)29-5)21-20-22(27)17-8-6-14(3)15(4)23(17)31-24(20)25(28)26-21/h6-9,12-13,21H,10-11H2,1-5H3,(H,26,28). The molecule has 0 radical (unpaired) electrons. The molecule has 1 aliphatic heterocycles. The lowest BCUT2D eigenvalue weighted by Crippen LogP contribution is -2.22. The van der Waals surface area contributed by atoms with Gasteiger partial charge in [0.1, 0.15) is 5.58 Å². The summed E-state index contributed by atoms with van der Waals surface area (Å²) in [6.45, 7) is 8.71. The smallest absolute Gasteiger partial charge is 0.288 e. The van der Waals surface area contributed by atoms with Crippen LogP contribution in [0.5, 0.6) is 11.5 Å². The SMILES string of the molecule is COc1cc(C2NC(=O)c3oc4c(C)c(C)ccc4c(=O)c32)ccc1OCCC(C)C. The van der Waals surface area contributed by atoms with E-state index in [1.165, 1.54) is 0 Å². The van der Waals surface area contributed by atoms with Gasteiger partial charge >= 0.3 is 0 Å². The number of benzene rings is 2. The van der Waals surface area contributed by atoms with Crippen LogP contribution in [0.3, 0.4) is 0 Å². The Kier molecular flexibility index (Phi) is 5.48. The topological polar surface area (TPSA) is 77.8 Å². The first kappa shape index (κ1) is 21.0. The first-order valence-electron chi connectivity index (χ1n) is 10.5. The van der Waals surface area contributed by atoms with E-state index in [1.54, 1.807) is 19.2 Å². The number of carbonyl (C=O) groups excluding carboxylic acids is 1. The lowest BCUT2D eigenvalue weighted by Gasteiger charge is -2.16. The maximum absolute atomic E-state index is 13.3. The maximum atomic E-state index is 13.3. The Bertz CT molecular complexity index is 1220. The van der Waals surface area contributed by atoms with Crippen LogP contribution in [0.15, 0.2) is 39.5 Å². The predicted molar refractivity (Wildman–Crippen MR) is 119 cm³/mol. The van der Waals surface area contributed by atoms with E-state index in [0.29, 0.717) is 40.6 Å². The zero-order chi connectivity index (χ0) is 22.3. The Morgan fingerprint density at radius 3 is 2.58 bits per heavy atom. The second-order valence-corrected chi connectivity index (χ2v) is 8.41. The first-order chi connectivity index (χ1) is 14.8. The fraction of sp³-hybridized carbons (Fsp3) is 0.360. The Morgan fingerprint density at radius 2 is 1.87 bits per heavy atom. The van der Waals surface area contributed by atoms with Crippen molar-refractivity contribution in [3.8, 4) is 11.5 Å². The van der Waals surface area contributed by atoms with Crippen molar-refractivity contribution in [3.63, 3.8) is 0 Å². The summed E-state index contributed by atoms with van der Waals surface area (Å²) in [4.78, 5) is 26.0. The van der Waals surface area contributed by atoms with E-state index in [-0.39, 0.29) is 11.2 Å². The molecule has 4 rings (SSSR count). The monoisotopic (exact) mass is 421 g/mol. The molecule has 1 amide bonds. The number of methoxy groups -OCH3 is 1. The molecule has 2 heterocycles. The zero-order valence-electron chi connectivity index (χ0n) is 18.5. The van der Waals surface area contributed by atoms with Gasteiger partial charge in [-0.1, -0.05) is 26.0 Å². The summed E-state index contributed by atoms with van der Waals surface area (Å²) < 4.78 is 17.3. The van der Waals surface area contributed by atoms with Crippen molar-refractivity contribution in [1.82, 2.24) is 5.32 Å². The molecule has 6 nitrogen and oxygen atoms in total. The van der Waals surface area contributed by atoms with Gasteiger partial charge in [-0.2, -0.15) is 0 Å². The maximum Gasteiger partial charge on any atom is 0.288 e. The second-order valence-electron chi connectivity index (χ2n) is 8.41. The molecule has 0 aliphatic carbocycles. The average molecular weight is 421 g/mol. The molecule has 1 aromatic heterocycles. The Labute approximate surface area is 181 Å². The lowest BCUT2D eigenvalue weighted by molar-refractivity contribution is 0.0938. The van der Waals surface area contributed by atoms with E-state index in [0.717, 1.165) is 23.1 Å². The van der Waals surface area contributed by atoms with E-state index in [2.05, 4.69) is 19.2 Å². The fourth-order valence-electron chi connectivity index (χ4n) is 3.84. The molecule has 3 aromatic rings. The van der Waals surface area contributed by atoms with Gasteiger partial charge in [0.15, 0.2) is 16.9 Å². The third-order valence-corrected chi connectivity index (χ3v) is 5.86. The molecule has 0 fully saturated rings. The number of carbonyl (C=O) groups is 1. The van der Waals surface area contributed by atoms with Gasteiger partial charge < -0.3 is 19.2 Å². The van der Waals surface area contributed by atoms with Crippen LogP contribution in [-0.2, 0) is 0 Å². The number of hydrogen-bond donors (Lipinski definition) is 1. The minimum atomic E-state index is -0.608. The molecule has 0 bridgehead atoms. The number of amides is 1. The molecule has 1 aliphatic rings. The van der Waals surface area contributed by atoms with Crippen LogP contribution < -0.4 is 20.2 Å². The van der Waals surface area contributed by atoms with Crippen molar-refractivity contribution < 1.29 is 18.7 Å². The Morgan fingerprint density at radius 1 is 1.10 bits per heavy atom. The normalized spacial score (nSPS) is 15.3. The minimum absolute atomic E-state index is 0.0763. The highest BCUT2D eigenvalue weighted by Crippen LogP contribution is 2.36. The van der Waals surface area contributed by atoms with Crippen LogP contribution in [0, 0.1) is 19.8 Å². The molecule has 1 unspecified atom stereocenters. The average Bonchev–Trinajstić information content (AvgIpc) is 3.08. The van der Waals surface area contributed by atoms with Gasteiger partial charge in [0.05, 0.1) is 30.7 Å². The largest absolute Gasteiger partial charge is 0.493 e. The van der Waals surface area contributed by atoms with E-state index in [4.69, 9.17) is 13.9 Å². The molecule has 6 heteroatoms. The summed E-state index contributed by atoms with van der Waals surface area (Å²) in [7, 11) is 1.57. The molecular formula is C25H27NO5. The Hall–Kier alpha value is -3.28. The van der Waals surface area contributed by atoms with E-state index >= 15 is 0 Å². The molecular weight excluding hydrogens is 394 g/mol. The van der Waals surface area contributed by atoms with Gasteiger partial charge in [-0.15, -0.1) is 0 Å². The minimum Gasteiger partial charge on any atom is -0.493 e. The highest BCUT2D eigenvalue weighted by molar-refractivity contribution is 5.99. The molecule has 0 saturated heterocycles. The summed E-state index contributed by atoms with van der Waals surface area (Å²) in [6, 6.07) is 8.51. The Balaban J connectivity index is 1.76. The highest BCUT2D eigenvalue weighted by atomic mass is 16.5. The highest BCUT2D eigenvalue weighted by Gasteiger charge is 2.36. The van der Waals surface area contributed by atoms with Crippen LogP contribution in [0.2, 0.25) is 0 Å².